The number of nitrogens with zero attached hydrogens (tertiary/aromatic N) is 2. The predicted octanol–water partition coefficient (Wildman–Crippen LogP) is 0.384. The molecule has 21 heavy (non-hydrogen) atoms. The number of carbonyl (C=O) groups excluding carboxylic acids is 1. The van der Waals surface area contributed by atoms with Gasteiger partial charge in [0.25, 0.3) is 0 Å². The summed E-state index contributed by atoms with van der Waals surface area (Å²) in [5.74, 6) is 0.687. The van der Waals surface area contributed by atoms with Crippen LogP contribution < -0.4 is 10.1 Å². The first kappa shape index (κ1) is 15.3. The van der Waals surface area contributed by atoms with E-state index in [1.807, 2.05) is 0 Å². The summed E-state index contributed by atoms with van der Waals surface area (Å²) in [6.07, 6.45) is 0. The molecule has 0 saturated carbocycles. The molecule has 6 nitrogen and oxygen atoms in total. The minimum absolute atomic E-state index is 0.0342. The molecule has 1 fully saturated rings. The van der Waals surface area contributed by atoms with Crippen LogP contribution in [0.25, 0.3) is 0 Å². The van der Waals surface area contributed by atoms with E-state index >= 15 is 0 Å². The topological polar surface area (TPSA) is 74.6 Å². The molecule has 0 spiro atoms. The summed E-state index contributed by atoms with van der Waals surface area (Å²) in [6.45, 7) is 2.90. The largest absolute Gasteiger partial charge is 0.492 e. The molecule has 1 atom stereocenters. The van der Waals surface area contributed by atoms with Crippen molar-refractivity contribution in [2.75, 3.05) is 40.0 Å². The molecule has 1 unspecified atom stereocenters. The molecule has 1 aromatic rings. The van der Waals surface area contributed by atoms with Crippen molar-refractivity contribution in [3.8, 4) is 11.8 Å². The Hall–Kier alpha value is -2.10. The summed E-state index contributed by atoms with van der Waals surface area (Å²) < 4.78 is 11.0. The van der Waals surface area contributed by atoms with Crippen LogP contribution in [0, 0.1) is 11.3 Å². The van der Waals surface area contributed by atoms with Crippen LogP contribution in [0.2, 0.25) is 0 Å². The van der Waals surface area contributed by atoms with Gasteiger partial charge in [0.05, 0.1) is 24.8 Å². The van der Waals surface area contributed by atoms with Gasteiger partial charge in [0, 0.05) is 20.1 Å². The first-order valence-electron chi connectivity index (χ1n) is 6.91. The Morgan fingerprint density at radius 3 is 2.95 bits per heavy atom. The number of amides is 1. The van der Waals surface area contributed by atoms with Crippen molar-refractivity contribution in [3.63, 3.8) is 0 Å². The second-order valence-corrected chi connectivity index (χ2v) is 4.73. The van der Waals surface area contributed by atoms with Gasteiger partial charge in [-0.25, -0.2) is 0 Å². The monoisotopic (exact) mass is 289 g/mol. The van der Waals surface area contributed by atoms with E-state index in [1.165, 1.54) is 0 Å². The quantitative estimate of drug-likeness (QED) is 0.848. The Kier molecular flexibility index (Phi) is 5.55. The maximum atomic E-state index is 11.8. The predicted molar refractivity (Wildman–Crippen MR) is 76.9 cm³/mol. The normalized spacial score (nSPS) is 18.8. The third-order valence-corrected chi connectivity index (χ3v) is 3.42. The van der Waals surface area contributed by atoms with Gasteiger partial charge in [-0.1, -0.05) is 0 Å². The summed E-state index contributed by atoms with van der Waals surface area (Å²) in [7, 11) is 1.63. The van der Waals surface area contributed by atoms with Crippen molar-refractivity contribution in [2.45, 2.75) is 6.04 Å². The van der Waals surface area contributed by atoms with Crippen LogP contribution in [0.5, 0.6) is 5.75 Å². The van der Waals surface area contributed by atoms with Crippen molar-refractivity contribution >= 4 is 5.91 Å². The fourth-order valence-electron chi connectivity index (χ4n) is 2.22. The lowest BCUT2D eigenvalue weighted by Gasteiger charge is -2.33. The third kappa shape index (κ3) is 4.18. The average Bonchev–Trinajstić information content (AvgIpc) is 2.55. The standard InChI is InChI=1S/C15H19N3O3/c1-17-15(19)14-11-20-8-6-18(14)7-9-21-13-4-2-12(10-16)3-5-13/h2-5,14H,6-9,11H2,1H3,(H,17,19). The van der Waals surface area contributed by atoms with Crippen molar-refractivity contribution in [1.82, 2.24) is 10.2 Å². The number of likely N-dealkylation sites (N-methyl/N-ethyl adjacent to an activating group) is 1. The summed E-state index contributed by atoms with van der Waals surface area (Å²) in [5, 5.41) is 11.4. The van der Waals surface area contributed by atoms with Gasteiger partial charge in [-0.2, -0.15) is 5.26 Å². The van der Waals surface area contributed by atoms with E-state index in [0.717, 1.165) is 12.3 Å². The smallest absolute Gasteiger partial charge is 0.239 e. The summed E-state index contributed by atoms with van der Waals surface area (Å²) >= 11 is 0. The fourth-order valence-corrected chi connectivity index (χ4v) is 2.22. The zero-order valence-electron chi connectivity index (χ0n) is 12.0. The molecule has 1 N–H and O–H groups in total. The number of hydrogen-bond acceptors (Lipinski definition) is 5. The lowest BCUT2D eigenvalue weighted by Crippen LogP contribution is -2.54. The first-order valence-corrected chi connectivity index (χ1v) is 6.91. The Balaban J connectivity index is 1.83. The number of rotatable bonds is 5. The van der Waals surface area contributed by atoms with E-state index < -0.39 is 0 Å². The van der Waals surface area contributed by atoms with Gasteiger partial charge in [0.2, 0.25) is 5.91 Å². The lowest BCUT2D eigenvalue weighted by atomic mass is 10.2. The van der Waals surface area contributed by atoms with E-state index in [4.69, 9.17) is 14.7 Å². The molecule has 1 aromatic carbocycles. The Morgan fingerprint density at radius 2 is 2.29 bits per heavy atom. The van der Waals surface area contributed by atoms with E-state index in [0.29, 0.717) is 31.9 Å². The van der Waals surface area contributed by atoms with Crippen LogP contribution in [-0.4, -0.2) is 56.8 Å². The van der Waals surface area contributed by atoms with Crippen molar-refractivity contribution in [3.05, 3.63) is 29.8 Å². The number of nitriles is 1. The van der Waals surface area contributed by atoms with Crippen LogP contribution in [0.15, 0.2) is 24.3 Å². The third-order valence-electron chi connectivity index (χ3n) is 3.42. The molecule has 1 aliphatic heterocycles. The SMILES string of the molecule is CNC(=O)C1COCCN1CCOc1ccc(C#N)cc1. The van der Waals surface area contributed by atoms with Gasteiger partial charge in [0.15, 0.2) is 0 Å². The highest BCUT2D eigenvalue weighted by Crippen LogP contribution is 2.12. The highest BCUT2D eigenvalue weighted by atomic mass is 16.5. The minimum Gasteiger partial charge on any atom is -0.492 e. The zero-order valence-corrected chi connectivity index (χ0v) is 12.0. The van der Waals surface area contributed by atoms with Gasteiger partial charge < -0.3 is 14.8 Å². The number of carbonyl (C=O) groups is 1. The molecule has 0 radical (unpaired) electrons. The number of morpholine rings is 1. The fraction of sp³-hybridized carbons (Fsp3) is 0.467. The highest BCUT2D eigenvalue weighted by Gasteiger charge is 2.28. The molecule has 2 rings (SSSR count). The van der Waals surface area contributed by atoms with E-state index in [9.17, 15) is 4.79 Å². The number of nitrogens with one attached hydrogen (secondary N) is 1. The van der Waals surface area contributed by atoms with E-state index in [1.54, 1.807) is 31.3 Å². The molecule has 0 aliphatic carbocycles. The van der Waals surface area contributed by atoms with Crippen LogP contribution in [0.3, 0.4) is 0 Å². The summed E-state index contributed by atoms with van der Waals surface area (Å²) in [4.78, 5) is 13.8. The van der Waals surface area contributed by atoms with E-state index in [2.05, 4.69) is 16.3 Å². The van der Waals surface area contributed by atoms with Crippen molar-refractivity contribution in [2.24, 2.45) is 0 Å². The highest BCUT2D eigenvalue weighted by molar-refractivity contribution is 5.81. The van der Waals surface area contributed by atoms with Crippen LogP contribution >= 0.6 is 0 Å². The Bertz CT molecular complexity index is 510. The number of hydrogen-bond donors (Lipinski definition) is 1. The molecule has 112 valence electrons. The zero-order chi connectivity index (χ0) is 15.1. The second kappa shape index (κ2) is 7.62. The molecule has 1 amide bonds. The van der Waals surface area contributed by atoms with Crippen LogP contribution in [0.4, 0.5) is 0 Å². The number of ether oxygens (including phenoxy) is 2. The molecule has 1 aliphatic rings. The van der Waals surface area contributed by atoms with Gasteiger partial charge in [-0.3, -0.25) is 9.69 Å². The Morgan fingerprint density at radius 1 is 1.52 bits per heavy atom. The summed E-state index contributed by atoms with van der Waals surface area (Å²) in [5.41, 5.74) is 0.607. The van der Waals surface area contributed by atoms with Gasteiger partial charge >= 0.3 is 0 Å². The molecule has 6 heteroatoms. The molecule has 1 saturated heterocycles. The molecular formula is C15H19N3O3. The van der Waals surface area contributed by atoms with Gasteiger partial charge in [0.1, 0.15) is 18.4 Å². The maximum absolute atomic E-state index is 11.8. The van der Waals surface area contributed by atoms with Crippen LogP contribution in [-0.2, 0) is 9.53 Å². The summed E-state index contributed by atoms with van der Waals surface area (Å²) in [6, 6.07) is 8.79. The Labute approximate surface area is 124 Å². The minimum atomic E-state index is -0.256. The first-order chi connectivity index (χ1) is 10.2. The molecule has 1 heterocycles. The number of benzene rings is 1. The second-order valence-electron chi connectivity index (χ2n) is 4.73. The average molecular weight is 289 g/mol. The molecule has 0 aromatic heterocycles. The maximum Gasteiger partial charge on any atom is 0.239 e. The van der Waals surface area contributed by atoms with Crippen LogP contribution in [0.1, 0.15) is 5.56 Å². The lowest BCUT2D eigenvalue weighted by molar-refractivity contribution is -0.132. The molecule has 0 bridgehead atoms. The van der Waals surface area contributed by atoms with Gasteiger partial charge in [-0.05, 0) is 24.3 Å². The van der Waals surface area contributed by atoms with Gasteiger partial charge in [-0.15, -0.1) is 0 Å². The van der Waals surface area contributed by atoms with Crippen molar-refractivity contribution in [1.29, 1.82) is 5.26 Å². The van der Waals surface area contributed by atoms with Crippen molar-refractivity contribution < 1.29 is 14.3 Å². The molecular weight excluding hydrogens is 270 g/mol. The van der Waals surface area contributed by atoms with E-state index in [-0.39, 0.29) is 11.9 Å².